The van der Waals surface area contributed by atoms with Gasteiger partial charge >= 0.3 is 5.69 Å². The maximum atomic E-state index is 12.5. The Morgan fingerprint density at radius 3 is 2.39 bits per heavy atom. The smallest absolute Gasteiger partial charge is 0.306 e. The number of fused-ring (bicyclic) bond motifs is 1. The lowest BCUT2D eigenvalue weighted by atomic mass is 10.1. The highest BCUT2D eigenvalue weighted by molar-refractivity contribution is 9.10. The molecule has 1 atom stereocenters. The molecule has 23 heavy (non-hydrogen) atoms. The van der Waals surface area contributed by atoms with Gasteiger partial charge in [0, 0.05) is 10.5 Å². The van der Waals surface area contributed by atoms with Crippen LogP contribution in [0.25, 0.3) is 11.0 Å². The first-order valence-electron chi connectivity index (χ1n) is 6.85. The molecule has 0 amide bonds. The molecule has 3 aromatic rings. The fourth-order valence-electron chi connectivity index (χ4n) is 2.30. The van der Waals surface area contributed by atoms with Crippen molar-refractivity contribution in [2.75, 3.05) is 0 Å². The minimum Gasteiger partial charge on any atom is -0.306 e. The second kappa shape index (κ2) is 5.95. The molecule has 2 aromatic carbocycles. The molecule has 1 heterocycles. The van der Waals surface area contributed by atoms with Crippen molar-refractivity contribution in [1.82, 2.24) is 14.7 Å². The molecule has 0 unspecified atom stereocenters. The Morgan fingerprint density at radius 2 is 1.70 bits per heavy atom. The van der Waals surface area contributed by atoms with Gasteiger partial charge in [-0.1, -0.05) is 28.1 Å². The highest BCUT2D eigenvalue weighted by Gasteiger charge is 2.19. The molecule has 3 rings (SSSR count). The van der Waals surface area contributed by atoms with Crippen molar-refractivity contribution in [2.45, 2.75) is 17.9 Å². The van der Waals surface area contributed by atoms with Crippen LogP contribution in [0.2, 0.25) is 0 Å². The first-order valence-corrected chi connectivity index (χ1v) is 9.12. The summed E-state index contributed by atoms with van der Waals surface area (Å²) in [7, 11) is -3.70. The monoisotopic (exact) mass is 395 g/mol. The molecule has 0 fully saturated rings. The lowest BCUT2D eigenvalue weighted by molar-refractivity contribution is 0.567. The molecular formula is C15H14BrN3O3S. The fraction of sp³-hybridized carbons (Fsp3) is 0.133. The summed E-state index contributed by atoms with van der Waals surface area (Å²) in [5.74, 6) is 0. The summed E-state index contributed by atoms with van der Waals surface area (Å²) in [6.07, 6.45) is 0. The van der Waals surface area contributed by atoms with Crippen molar-refractivity contribution in [3.63, 3.8) is 0 Å². The molecule has 1 aromatic heterocycles. The van der Waals surface area contributed by atoms with Crippen LogP contribution in [0.15, 0.2) is 56.6 Å². The molecule has 3 N–H and O–H groups in total. The summed E-state index contributed by atoms with van der Waals surface area (Å²) in [6, 6.07) is 11.5. The summed E-state index contributed by atoms with van der Waals surface area (Å²) < 4.78 is 28.6. The number of benzene rings is 2. The standard InChI is InChI=1S/C15H14BrN3O3S/c1-9(10-2-4-11(16)5-3-10)19-23(21,22)12-6-7-13-14(8-12)18-15(20)17-13/h2-9,19H,1H3,(H2,17,18,20)/t9-/m1/s1. The summed E-state index contributed by atoms with van der Waals surface area (Å²) >= 11 is 3.35. The van der Waals surface area contributed by atoms with Gasteiger partial charge < -0.3 is 9.97 Å². The lowest BCUT2D eigenvalue weighted by Crippen LogP contribution is -2.26. The van der Waals surface area contributed by atoms with Gasteiger partial charge in [-0.15, -0.1) is 0 Å². The topological polar surface area (TPSA) is 94.8 Å². The molecule has 120 valence electrons. The van der Waals surface area contributed by atoms with E-state index in [2.05, 4.69) is 30.6 Å². The van der Waals surface area contributed by atoms with Crippen LogP contribution in [0, 0.1) is 0 Å². The number of H-pyrrole nitrogens is 2. The van der Waals surface area contributed by atoms with Gasteiger partial charge in [0.1, 0.15) is 0 Å². The Labute approximate surface area is 141 Å². The van der Waals surface area contributed by atoms with Crippen LogP contribution in [0.4, 0.5) is 0 Å². The van der Waals surface area contributed by atoms with E-state index in [9.17, 15) is 13.2 Å². The zero-order chi connectivity index (χ0) is 16.6. The van der Waals surface area contributed by atoms with Crippen LogP contribution < -0.4 is 10.4 Å². The van der Waals surface area contributed by atoms with E-state index >= 15 is 0 Å². The number of imidazole rings is 1. The van der Waals surface area contributed by atoms with Gasteiger partial charge in [-0.2, -0.15) is 0 Å². The second-order valence-electron chi connectivity index (χ2n) is 5.18. The van der Waals surface area contributed by atoms with Crippen LogP contribution in [0.1, 0.15) is 18.5 Å². The van der Waals surface area contributed by atoms with E-state index in [-0.39, 0.29) is 16.6 Å². The molecule has 0 aliphatic rings. The van der Waals surface area contributed by atoms with Crippen molar-refractivity contribution >= 4 is 37.0 Å². The van der Waals surface area contributed by atoms with Crippen LogP contribution in [-0.4, -0.2) is 18.4 Å². The number of rotatable bonds is 4. The Bertz CT molecular complexity index is 1010. The van der Waals surface area contributed by atoms with E-state index in [1.165, 1.54) is 12.1 Å². The van der Waals surface area contributed by atoms with Gasteiger partial charge in [0.05, 0.1) is 15.9 Å². The molecule has 0 radical (unpaired) electrons. The average Bonchev–Trinajstić information content (AvgIpc) is 2.86. The number of aromatic amines is 2. The molecule has 0 saturated heterocycles. The number of aromatic nitrogens is 2. The first-order chi connectivity index (χ1) is 10.8. The van der Waals surface area contributed by atoms with E-state index in [1.54, 1.807) is 13.0 Å². The zero-order valence-corrected chi connectivity index (χ0v) is 14.5. The maximum absolute atomic E-state index is 12.5. The average molecular weight is 396 g/mol. The van der Waals surface area contributed by atoms with E-state index in [0.29, 0.717) is 11.0 Å². The third-order valence-electron chi connectivity index (χ3n) is 3.50. The Morgan fingerprint density at radius 1 is 1.04 bits per heavy atom. The second-order valence-corrected chi connectivity index (χ2v) is 7.81. The Balaban J connectivity index is 1.90. The highest BCUT2D eigenvalue weighted by atomic mass is 79.9. The van der Waals surface area contributed by atoms with Gasteiger partial charge in [-0.05, 0) is 42.8 Å². The molecule has 6 nitrogen and oxygen atoms in total. The van der Waals surface area contributed by atoms with E-state index in [1.807, 2.05) is 24.3 Å². The van der Waals surface area contributed by atoms with Crippen molar-refractivity contribution in [3.05, 3.63) is 63.0 Å². The van der Waals surface area contributed by atoms with Crippen molar-refractivity contribution in [1.29, 1.82) is 0 Å². The summed E-state index contributed by atoms with van der Waals surface area (Å²) in [5, 5.41) is 0. The lowest BCUT2D eigenvalue weighted by Gasteiger charge is -2.15. The quantitative estimate of drug-likeness (QED) is 0.633. The maximum Gasteiger partial charge on any atom is 0.323 e. The fourth-order valence-corrected chi connectivity index (χ4v) is 3.82. The first kappa shape index (κ1) is 16.0. The molecule has 8 heteroatoms. The number of hydrogen-bond donors (Lipinski definition) is 3. The molecule has 0 aliphatic heterocycles. The number of sulfonamides is 1. The number of halogens is 1. The van der Waals surface area contributed by atoms with Crippen LogP contribution in [0.3, 0.4) is 0 Å². The largest absolute Gasteiger partial charge is 0.323 e. The van der Waals surface area contributed by atoms with Gasteiger partial charge in [0.25, 0.3) is 0 Å². The molecule has 0 saturated carbocycles. The minimum absolute atomic E-state index is 0.101. The number of hydrogen-bond acceptors (Lipinski definition) is 3. The minimum atomic E-state index is -3.70. The van der Waals surface area contributed by atoms with Crippen molar-refractivity contribution in [2.24, 2.45) is 0 Å². The summed E-state index contributed by atoms with van der Waals surface area (Å²) in [5.41, 5.74) is 1.50. The molecule has 0 aliphatic carbocycles. The van der Waals surface area contributed by atoms with Gasteiger partial charge in [0.2, 0.25) is 10.0 Å². The predicted octanol–water partition coefficient (Wildman–Crippen LogP) is 2.66. The Kier molecular flexibility index (Phi) is 4.13. The van der Waals surface area contributed by atoms with Gasteiger partial charge in [-0.25, -0.2) is 17.9 Å². The van der Waals surface area contributed by atoms with E-state index in [4.69, 9.17) is 0 Å². The summed E-state index contributed by atoms with van der Waals surface area (Å²) in [6.45, 7) is 1.78. The molecule has 0 bridgehead atoms. The highest BCUT2D eigenvalue weighted by Crippen LogP contribution is 2.20. The molecule has 0 spiro atoms. The van der Waals surface area contributed by atoms with Crippen LogP contribution in [-0.2, 0) is 10.0 Å². The van der Waals surface area contributed by atoms with Gasteiger partial charge in [0.15, 0.2) is 0 Å². The normalized spacial score (nSPS) is 13.3. The van der Waals surface area contributed by atoms with Crippen LogP contribution in [0.5, 0.6) is 0 Å². The zero-order valence-electron chi connectivity index (χ0n) is 12.1. The van der Waals surface area contributed by atoms with Crippen LogP contribution >= 0.6 is 15.9 Å². The van der Waals surface area contributed by atoms with Gasteiger partial charge in [-0.3, -0.25) is 0 Å². The SMILES string of the molecule is C[C@@H](NS(=O)(=O)c1ccc2[nH]c(=O)[nH]c2c1)c1ccc(Br)cc1. The predicted molar refractivity (Wildman–Crippen MR) is 91.8 cm³/mol. The van der Waals surface area contributed by atoms with E-state index < -0.39 is 10.0 Å². The summed E-state index contributed by atoms with van der Waals surface area (Å²) in [4.78, 5) is 16.5. The van der Waals surface area contributed by atoms with Crippen molar-refractivity contribution < 1.29 is 8.42 Å². The molecular weight excluding hydrogens is 382 g/mol. The Hall–Kier alpha value is -1.90. The van der Waals surface area contributed by atoms with E-state index in [0.717, 1.165) is 10.0 Å². The van der Waals surface area contributed by atoms with Crippen molar-refractivity contribution in [3.8, 4) is 0 Å². The third-order valence-corrected chi connectivity index (χ3v) is 5.57. The third kappa shape index (κ3) is 3.39. The number of nitrogens with one attached hydrogen (secondary N) is 3.